The standard InChI is InChI=1S/C7H16N2OS/c1-6(2)11-7(10-4)9-5-8-3/h6,8H,5H2,1-4H3. The summed E-state index contributed by atoms with van der Waals surface area (Å²) < 4.78 is 5.04. The average molecular weight is 176 g/mol. The molecule has 0 unspecified atom stereocenters. The Bertz CT molecular complexity index is 126. The van der Waals surface area contributed by atoms with Crippen LogP contribution in [0.1, 0.15) is 13.8 Å². The molecule has 66 valence electrons. The van der Waals surface area contributed by atoms with E-state index in [1.807, 2.05) is 7.05 Å². The molecule has 4 heteroatoms. The van der Waals surface area contributed by atoms with Gasteiger partial charge in [-0.2, -0.15) is 0 Å². The Labute approximate surface area is 72.6 Å². The molecule has 0 heterocycles. The van der Waals surface area contributed by atoms with Crippen LogP contribution >= 0.6 is 11.8 Å². The first-order chi connectivity index (χ1) is 5.20. The minimum atomic E-state index is 0.519. The molecule has 1 N–H and O–H groups in total. The van der Waals surface area contributed by atoms with Gasteiger partial charge in [0.15, 0.2) is 0 Å². The molecule has 0 aliphatic rings. The number of hydrogen-bond donors (Lipinski definition) is 1. The molecule has 0 atom stereocenters. The van der Waals surface area contributed by atoms with Crippen LogP contribution in [0.4, 0.5) is 0 Å². The molecule has 0 rings (SSSR count). The monoisotopic (exact) mass is 176 g/mol. The molecular weight excluding hydrogens is 160 g/mol. The molecule has 0 bridgehead atoms. The molecule has 0 fully saturated rings. The van der Waals surface area contributed by atoms with Gasteiger partial charge in [0.25, 0.3) is 0 Å². The number of hydrogen-bond acceptors (Lipinski definition) is 4. The first-order valence-electron chi connectivity index (χ1n) is 3.60. The normalized spacial score (nSPS) is 12.3. The van der Waals surface area contributed by atoms with Crippen LogP contribution in [0.2, 0.25) is 0 Å². The maximum atomic E-state index is 5.04. The van der Waals surface area contributed by atoms with Gasteiger partial charge in [-0.25, -0.2) is 4.99 Å². The third-order valence-corrected chi connectivity index (χ3v) is 1.85. The van der Waals surface area contributed by atoms with Crippen molar-refractivity contribution in [3.05, 3.63) is 0 Å². The van der Waals surface area contributed by atoms with Crippen LogP contribution in [0.5, 0.6) is 0 Å². The van der Waals surface area contributed by atoms with Gasteiger partial charge in [0.2, 0.25) is 5.23 Å². The number of thioether (sulfide) groups is 1. The molecule has 0 aromatic rings. The van der Waals surface area contributed by atoms with Crippen molar-refractivity contribution in [2.75, 3.05) is 20.8 Å². The Balaban J connectivity index is 3.73. The predicted octanol–water partition coefficient (Wildman–Crippen LogP) is 1.31. The lowest BCUT2D eigenvalue weighted by Gasteiger charge is -2.06. The van der Waals surface area contributed by atoms with E-state index in [2.05, 4.69) is 24.2 Å². The van der Waals surface area contributed by atoms with Gasteiger partial charge in [0.05, 0.1) is 13.8 Å². The summed E-state index contributed by atoms with van der Waals surface area (Å²) in [4.78, 5) is 4.15. The van der Waals surface area contributed by atoms with E-state index in [0.717, 1.165) is 5.23 Å². The lowest BCUT2D eigenvalue weighted by molar-refractivity contribution is 0.413. The minimum Gasteiger partial charge on any atom is -0.476 e. The molecule has 0 amide bonds. The number of aliphatic imine (C=N–C) groups is 1. The molecule has 0 radical (unpaired) electrons. The Morgan fingerprint density at radius 2 is 2.27 bits per heavy atom. The summed E-state index contributed by atoms with van der Waals surface area (Å²) in [6.45, 7) is 4.83. The zero-order valence-electron chi connectivity index (χ0n) is 7.55. The second-order valence-corrected chi connectivity index (χ2v) is 3.83. The smallest absolute Gasteiger partial charge is 0.247 e. The predicted molar refractivity (Wildman–Crippen MR) is 51.1 cm³/mol. The van der Waals surface area contributed by atoms with Crippen LogP contribution in [0.3, 0.4) is 0 Å². The van der Waals surface area contributed by atoms with Crippen molar-refractivity contribution in [2.24, 2.45) is 4.99 Å². The molecule has 0 saturated heterocycles. The van der Waals surface area contributed by atoms with Crippen molar-refractivity contribution in [2.45, 2.75) is 19.1 Å². The van der Waals surface area contributed by atoms with Gasteiger partial charge in [0, 0.05) is 5.25 Å². The highest BCUT2D eigenvalue weighted by Gasteiger charge is 2.01. The van der Waals surface area contributed by atoms with Gasteiger partial charge in [-0.3, -0.25) is 0 Å². The number of nitrogens with one attached hydrogen (secondary N) is 1. The summed E-state index contributed by atoms with van der Waals surface area (Å²) in [7, 11) is 3.50. The summed E-state index contributed by atoms with van der Waals surface area (Å²) in [5.74, 6) is 0. The van der Waals surface area contributed by atoms with Crippen LogP contribution in [0.15, 0.2) is 4.99 Å². The van der Waals surface area contributed by atoms with Crippen molar-refractivity contribution in [1.29, 1.82) is 0 Å². The fourth-order valence-corrected chi connectivity index (χ4v) is 1.13. The number of methoxy groups -OCH3 is 1. The molecular formula is C7H16N2OS. The van der Waals surface area contributed by atoms with Crippen molar-refractivity contribution in [1.82, 2.24) is 5.32 Å². The highest BCUT2D eigenvalue weighted by molar-refractivity contribution is 8.14. The van der Waals surface area contributed by atoms with E-state index in [4.69, 9.17) is 4.74 Å². The van der Waals surface area contributed by atoms with Gasteiger partial charge in [-0.15, -0.1) is 0 Å². The van der Waals surface area contributed by atoms with Crippen LogP contribution in [0, 0.1) is 0 Å². The van der Waals surface area contributed by atoms with Crippen LogP contribution < -0.4 is 5.32 Å². The SMILES string of the molecule is CNCN=C(OC)SC(C)C. The number of ether oxygens (including phenoxy) is 1. The molecule has 11 heavy (non-hydrogen) atoms. The zero-order valence-corrected chi connectivity index (χ0v) is 8.36. The average Bonchev–Trinajstić information content (AvgIpc) is 1.97. The van der Waals surface area contributed by atoms with Gasteiger partial charge >= 0.3 is 0 Å². The quantitative estimate of drug-likeness (QED) is 0.520. The topological polar surface area (TPSA) is 33.6 Å². The van der Waals surface area contributed by atoms with E-state index >= 15 is 0 Å². The second kappa shape index (κ2) is 6.49. The first-order valence-corrected chi connectivity index (χ1v) is 4.48. The Kier molecular flexibility index (Phi) is 6.36. The van der Waals surface area contributed by atoms with E-state index in [0.29, 0.717) is 11.9 Å². The summed E-state index contributed by atoms with van der Waals surface area (Å²) in [5.41, 5.74) is 0. The molecule has 0 spiro atoms. The summed E-state index contributed by atoms with van der Waals surface area (Å²) in [6.07, 6.45) is 0. The highest BCUT2D eigenvalue weighted by Crippen LogP contribution is 2.11. The fourth-order valence-electron chi connectivity index (χ4n) is 0.495. The maximum absolute atomic E-state index is 5.04. The molecule has 0 aromatic carbocycles. The van der Waals surface area contributed by atoms with E-state index in [1.54, 1.807) is 18.9 Å². The summed E-state index contributed by atoms with van der Waals surface area (Å²) in [5, 5.41) is 4.19. The van der Waals surface area contributed by atoms with Crippen LogP contribution in [0.25, 0.3) is 0 Å². The van der Waals surface area contributed by atoms with E-state index < -0.39 is 0 Å². The highest BCUT2D eigenvalue weighted by atomic mass is 32.2. The summed E-state index contributed by atoms with van der Waals surface area (Å²) >= 11 is 1.63. The molecule has 0 saturated carbocycles. The largest absolute Gasteiger partial charge is 0.476 e. The molecule has 0 aromatic heterocycles. The van der Waals surface area contributed by atoms with Gasteiger partial charge < -0.3 is 10.1 Å². The minimum absolute atomic E-state index is 0.519. The third-order valence-electron chi connectivity index (χ3n) is 0.877. The maximum Gasteiger partial charge on any atom is 0.247 e. The molecule has 0 aliphatic heterocycles. The number of nitrogens with zero attached hydrogens (tertiary/aromatic N) is 1. The Morgan fingerprint density at radius 1 is 1.64 bits per heavy atom. The van der Waals surface area contributed by atoms with Gasteiger partial charge in [-0.1, -0.05) is 25.6 Å². The summed E-state index contributed by atoms with van der Waals surface area (Å²) in [6, 6.07) is 0. The number of rotatable bonds is 3. The Morgan fingerprint density at radius 3 is 2.64 bits per heavy atom. The van der Waals surface area contributed by atoms with Crippen molar-refractivity contribution in [3.63, 3.8) is 0 Å². The lowest BCUT2D eigenvalue weighted by atomic mass is 10.6. The van der Waals surface area contributed by atoms with E-state index in [1.165, 1.54) is 0 Å². The molecule has 3 nitrogen and oxygen atoms in total. The molecule has 0 aliphatic carbocycles. The Hall–Kier alpha value is -0.220. The zero-order chi connectivity index (χ0) is 8.69. The van der Waals surface area contributed by atoms with Crippen LogP contribution in [-0.4, -0.2) is 31.3 Å². The van der Waals surface area contributed by atoms with E-state index in [-0.39, 0.29) is 0 Å². The van der Waals surface area contributed by atoms with Crippen molar-refractivity contribution >= 4 is 17.0 Å². The van der Waals surface area contributed by atoms with Gasteiger partial charge in [-0.05, 0) is 7.05 Å². The van der Waals surface area contributed by atoms with E-state index in [9.17, 15) is 0 Å². The fraction of sp³-hybridized carbons (Fsp3) is 0.857. The first kappa shape index (κ1) is 10.8. The van der Waals surface area contributed by atoms with Crippen molar-refractivity contribution in [3.8, 4) is 0 Å². The third kappa shape index (κ3) is 6.19. The van der Waals surface area contributed by atoms with Crippen molar-refractivity contribution < 1.29 is 4.74 Å². The lowest BCUT2D eigenvalue weighted by Crippen LogP contribution is -2.09. The van der Waals surface area contributed by atoms with Gasteiger partial charge in [0.1, 0.15) is 0 Å². The van der Waals surface area contributed by atoms with Crippen LogP contribution in [-0.2, 0) is 4.74 Å². The second-order valence-electron chi connectivity index (χ2n) is 2.31.